The number of esters is 1. The summed E-state index contributed by atoms with van der Waals surface area (Å²) in [4.78, 5) is 12.5. The Labute approximate surface area is 170 Å². The van der Waals surface area contributed by atoms with Gasteiger partial charge in [0, 0.05) is 31.1 Å². The highest BCUT2D eigenvalue weighted by Crippen LogP contribution is 2.36. The van der Waals surface area contributed by atoms with Crippen LogP contribution in [0.5, 0.6) is 0 Å². The zero-order chi connectivity index (χ0) is 19.6. The van der Waals surface area contributed by atoms with E-state index in [4.69, 9.17) is 15.2 Å². The van der Waals surface area contributed by atoms with E-state index in [0.29, 0.717) is 40.0 Å². The fourth-order valence-corrected chi connectivity index (χ4v) is 4.92. The van der Waals surface area contributed by atoms with Crippen LogP contribution in [0.15, 0.2) is 4.34 Å². The lowest BCUT2D eigenvalue weighted by atomic mass is 10.2. The molecule has 0 aliphatic heterocycles. The second-order valence-electron chi connectivity index (χ2n) is 5.12. The fraction of sp³-hybridized carbons (Fsp3) is 0.500. The summed E-state index contributed by atoms with van der Waals surface area (Å²) in [7, 11) is 0. The van der Waals surface area contributed by atoms with E-state index < -0.39 is 5.97 Å². The Kier molecular flexibility index (Phi) is 8.80. The minimum absolute atomic E-state index is 0.264. The Balaban J connectivity index is 1.98. The summed E-state index contributed by atoms with van der Waals surface area (Å²) in [6, 6.07) is 2.07. The lowest BCUT2D eigenvalue weighted by Gasteiger charge is -2.03. The quantitative estimate of drug-likeness (QED) is 0.315. The lowest BCUT2D eigenvalue weighted by Crippen LogP contribution is -2.05. The zero-order valence-electron chi connectivity index (χ0n) is 15.1. The van der Waals surface area contributed by atoms with Crippen molar-refractivity contribution in [3.8, 4) is 6.07 Å². The van der Waals surface area contributed by atoms with E-state index in [-0.39, 0.29) is 6.61 Å². The van der Waals surface area contributed by atoms with Gasteiger partial charge in [0.05, 0.1) is 12.2 Å². The van der Waals surface area contributed by atoms with Gasteiger partial charge in [-0.05, 0) is 20.3 Å². The van der Waals surface area contributed by atoms with Gasteiger partial charge >= 0.3 is 5.97 Å². The highest BCUT2D eigenvalue weighted by atomic mass is 32.2. The van der Waals surface area contributed by atoms with E-state index in [1.165, 1.54) is 23.1 Å². The number of nitrogens with one attached hydrogen (secondary N) is 1. The van der Waals surface area contributed by atoms with Crippen LogP contribution < -0.4 is 11.1 Å². The number of aromatic nitrogens is 2. The molecule has 0 atom stereocenters. The van der Waals surface area contributed by atoms with Crippen LogP contribution in [0.1, 0.15) is 41.1 Å². The fourth-order valence-electron chi connectivity index (χ4n) is 2.09. The van der Waals surface area contributed by atoms with Gasteiger partial charge in [-0.3, -0.25) is 0 Å². The molecule has 2 heterocycles. The van der Waals surface area contributed by atoms with Gasteiger partial charge in [0.15, 0.2) is 4.34 Å². The first-order chi connectivity index (χ1) is 13.1. The molecular weight excluding hydrogens is 406 g/mol. The maximum absolute atomic E-state index is 12.1. The van der Waals surface area contributed by atoms with E-state index in [1.54, 1.807) is 6.92 Å². The lowest BCUT2D eigenvalue weighted by molar-refractivity contribution is 0.0531. The summed E-state index contributed by atoms with van der Waals surface area (Å²) in [5, 5.41) is 21.8. The molecule has 2 rings (SSSR count). The van der Waals surface area contributed by atoms with Gasteiger partial charge in [0.25, 0.3) is 0 Å². The molecule has 0 unspecified atom stereocenters. The number of nitrogens with zero attached hydrogens (tertiary/aromatic N) is 3. The summed E-state index contributed by atoms with van der Waals surface area (Å²) in [6.07, 6.45) is 0.887. The summed E-state index contributed by atoms with van der Waals surface area (Å²) < 4.78 is 11.1. The summed E-state index contributed by atoms with van der Waals surface area (Å²) in [5.41, 5.74) is 6.80. The Morgan fingerprint density at radius 1 is 1.33 bits per heavy atom. The van der Waals surface area contributed by atoms with E-state index in [9.17, 15) is 10.1 Å². The van der Waals surface area contributed by atoms with Gasteiger partial charge in [-0.15, -0.1) is 21.5 Å². The normalized spacial score (nSPS) is 10.6. The number of ether oxygens (including phenoxy) is 2. The van der Waals surface area contributed by atoms with Crippen LogP contribution in [0.25, 0.3) is 0 Å². The molecule has 0 fully saturated rings. The van der Waals surface area contributed by atoms with Gasteiger partial charge in [0.1, 0.15) is 15.9 Å². The number of thiophene rings is 1. The molecular formula is C16H21N5O3S3. The summed E-state index contributed by atoms with van der Waals surface area (Å²) in [6.45, 7) is 6.14. The largest absolute Gasteiger partial charge is 0.462 e. The molecule has 27 heavy (non-hydrogen) atoms. The zero-order valence-corrected chi connectivity index (χ0v) is 17.6. The molecule has 0 amide bonds. The number of carbonyl (C=O) groups excluding carboxylic acids is 1. The van der Waals surface area contributed by atoms with Crippen molar-refractivity contribution in [2.24, 2.45) is 0 Å². The first-order valence-electron chi connectivity index (χ1n) is 8.36. The van der Waals surface area contributed by atoms with Crippen molar-refractivity contribution in [3.63, 3.8) is 0 Å². The van der Waals surface area contributed by atoms with Gasteiger partial charge in [-0.1, -0.05) is 23.1 Å². The Morgan fingerprint density at radius 2 is 2.15 bits per heavy atom. The number of nitriles is 1. The van der Waals surface area contributed by atoms with Gasteiger partial charge in [-0.25, -0.2) is 4.79 Å². The second kappa shape index (κ2) is 11.1. The number of nitrogen functional groups attached to an aromatic ring is 1. The minimum Gasteiger partial charge on any atom is -0.462 e. The third-order valence-corrected chi connectivity index (χ3v) is 6.38. The third kappa shape index (κ3) is 6.07. The van der Waals surface area contributed by atoms with Crippen molar-refractivity contribution in [3.05, 3.63) is 16.0 Å². The van der Waals surface area contributed by atoms with Crippen LogP contribution in [0, 0.1) is 11.3 Å². The van der Waals surface area contributed by atoms with Crippen molar-refractivity contribution >= 4 is 50.5 Å². The van der Waals surface area contributed by atoms with Crippen molar-refractivity contribution in [2.45, 2.75) is 30.4 Å². The standard InChI is InChI=1S/C16H21N5O3S3/c1-3-23-7-5-6-19-15-20-21-16(27-15)25-9-11-10(8-17)13(18)26-12(11)14(22)24-4-2/h3-7,9,18H2,1-2H3,(H,19,20). The van der Waals surface area contributed by atoms with Gasteiger partial charge < -0.3 is 20.5 Å². The predicted molar refractivity (Wildman–Crippen MR) is 108 cm³/mol. The predicted octanol–water partition coefficient (Wildman–Crippen LogP) is 3.36. The summed E-state index contributed by atoms with van der Waals surface area (Å²) in [5.74, 6) is -0.0656. The molecule has 0 aliphatic carbocycles. The average Bonchev–Trinajstić information content (AvgIpc) is 3.23. The molecule has 2 aromatic rings. The molecule has 0 saturated heterocycles. The van der Waals surface area contributed by atoms with Crippen molar-refractivity contribution < 1.29 is 14.3 Å². The number of hydrogen-bond acceptors (Lipinski definition) is 11. The molecule has 0 radical (unpaired) electrons. The van der Waals surface area contributed by atoms with E-state index in [2.05, 4.69) is 21.6 Å². The summed E-state index contributed by atoms with van der Waals surface area (Å²) >= 11 is 3.91. The first-order valence-corrected chi connectivity index (χ1v) is 11.0. The van der Waals surface area contributed by atoms with Crippen molar-refractivity contribution in [1.29, 1.82) is 5.26 Å². The van der Waals surface area contributed by atoms with Crippen LogP contribution >= 0.6 is 34.4 Å². The molecule has 0 saturated carbocycles. The minimum atomic E-state index is -0.458. The van der Waals surface area contributed by atoms with Crippen LogP contribution in [-0.2, 0) is 15.2 Å². The number of anilines is 2. The maximum atomic E-state index is 12.1. The van der Waals surface area contributed by atoms with E-state index in [1.807, 2.05) is 6.92 Å². The molecule has 0 bridgehead atoms. The van der Waals surface area contributed by atoms with Crippen molar-refractivity contribution in [1.82, 2.24) is 10.2 Å². The second-order valence-corrected chi connectivity index (χ2v) is 8.37. The highest BCUT2D eigenvalue weighted by Gasteiger charge is 2.23. The smallest absolute Gasteiger partial charge is 0.348 e. The monoisotopic (exact) mass is 427 g/mol. The van der Waals surface area contributed by atoms with Crippen LogP contribution in [-0.4, -0.2) is 42.5 Å². The Hall–Kier alpha value is -1.87. The average molecular weight is 428 g/mol. The first kappa shape index (κ1) is 21.4. The molecule has 8 nitrogen and oxygen atoms in total. The van der Waals surface area contributed by atoms with E-state index in [0.717, 1.165) is 33.8 Å². The van der Waals surface area contributed by atoms with Gasteiger partial charge in [-0.2, -0.15) is 5.26 Å². The molecule has 0 aromatic carbocycles. The van der Waals surface area contributed by atoms with Crippen LogP contribution in [0.3, 0.4) is 0 Å². The van der Waals surface area contributed by atoms with Crippen molar-refractivity contribution in [2.75, 3.05) is 37.4 Å². The molecule has 2 aromatic heterocycles. The molecule has 11 heteroatoms. The third-order valence-electron chi connectivity index (χ3n) is 3.30. The van der Waals surface area contributed by atoms with Crippen LogP contribution in [0.4, 0.5) is 10.1 Å². The van der Waals surface area contributed by atoms with E-state index >= 15 is 0 Å². The van der Waals surface area contributed by atoms with Crippen LogP contribution in [0.2, 0.25) is 0 Å². The number of hydrogen-bond donors (Lipinski definition) is 2. The Morgan fingerprint density at radius 3 is 2.85 bits per heavy atom. The molecule has 0 aliphatic rings. The number of thioether (sulfide) groups is 1. The number of nitrogens with two attached hydrogens (primary N) is 1. The number of rotatable bonds is 11. The van der Waals surface area contributed by atoms with Gasteiger partial charge in [0.2, 0.25) is 5.13 Å². The maximum Gasteiger partial charge on any atom is 0.348 e. The molecule has 146 valence electrons. The molecule has 0 spiro atoms. The Bertz CT molecular complexity index is 800. The topological polar surface area (TPSA) is 123 Å². The highest BCUT2D eigenvalue weighted by molar-refractivity contribution is 8.00. The number of carbonyl (C=O) groups is 1. The SMILES string of the molecule is CCOCCCNc1nnc(SCc2c(C(=O)OCC)sc(N)c2C#N)s1. The molecule has 3 N–H and O–H groups in total.